The molecule has 0 radical (unpaired) electrons. The lowest BCUT2D eigenvalue weighted by atomic mass is 9.82. The molecular weight excluding hydrogens is 164 g/mol. The summed E-state index contributed by atoms with van der Waals surface area (Å²) < 4.78 is 0. The zero-order valence-electron chi connectivity index (χ0n) is 8.79. The van der Waals surface area contributed by atoms with E-state index in [9.17, 15) is 10.2 Å². The van der Waals surface area contributed by atoms with Gasteiger partial charge in [0.2, 0.25) is 0 Å². The van der Waals surface area contributed by atoms with Crippen LogP contribution in [0.3, 0.4) is 0 Å². The molecule has 1 atom stereocenters. The van der Waals surface area contributed by atoms with Crippen molar-refractivity contribution in [2.24, 2.45) is 5.92 Å². The minimum absolute atomic E-state index is 0.305. The molecule has 1 unspecified atom stereocenters. The molecule has 1 rings (SSSR count). The van der Waals surface area contributed by atoms with Gasteiger partial charge in [0.1, 0.15) is 0 Å². The molecule has 13 heavy (non-hydrogen) atoms. The quantitative estimate of drug-likeness (QED) is 0.708. The molecule has 2 heteroatoms. The van der Waals surface area contributed by atoms with Crippen LogP contribution in [0, 0.1) is 5.92 Å². The maximum Gasteiger partial charge on any atom is 0.0616 e. The van der Waals surface area contributed by atoms with E-state index in [0.29, 0.717) is 12.3 Å². The Bertz CT molecular complexity index is 143. The van der Waals surface area contributed by atoms with E-state index in [2.05, 4.69) is 0 Å². The first-order valence-electron chi connectivity index (χ1n) is 5.39. The molecule has 2 N–H and O–H groups in total. The second-order valence-electron chi connectivity index (χ2n) is 4.98. The Kier molecular flexibility index (Phi) is 3.74. The summed E-state index contributed by atoms with van der Waals surface area (Å²) in [7, 11) is 0. The van der Waals surface area contributed by atoms with Gasteiger partial charge in [-0.25, -0.2) is 0 Å². The molecule has 78 valence electrons. The molecule has 0 aliphatic heterocycles. The minimum atomic E-state index is -0.725. The average molecular weight is 186 g/mol. The topological polar surface area (TPSA) is 40.5 Å². The SMILES string of the molecule is CC(C)(O)CC(O)C1CCCCC1. The third-order valence-electron chi connectivity index (χ3n) is 2.90. The number of aliphatic hydroxyl groups is 2. The van der Waals surface area contributed by atoms with Crippen LogP contribution in [0.15, 0.2) is 0 Å². The van der Waals surface area contributed by atoms with Crippen molar-refractivity contribution in [3.63, 3.8) is 0 Å². The molecule has 0 aromatic carbocycles. The first kappa shape index (κ1) is 11.0. The van der Waals surface area contributed by atoms with Gasteiger partial charge in [-0.1, -0.05) is 19.3 Å². The van der Waals surface area contributed by atoms with Gasteiger partial charge < -0.3 is 10.2 Å². The van der Waals surface area contributed by atoms with Crippen LogP contribution in [0.5, 0.6) is 0 Å². The monoisotopic (exact) mass is 186 g/mol. The molecule has 0 spiro atoms. The highest BCUT2D eigenvalue weighted by atomic mass is 16.3. The molecule has 1 fully saturated rings. The molecule has 1 saturated carbocycles. The van der Waals surface area contributed by atoms with Gasteiger partial charge in [-0.3, -0.25) is 0 Å². The van der Waals surface area contributed by atoms with Crippen molar-refractivity contribution in [2.45, 2.75) is 64.1 Å². The standard InChI is InChI=1S/C11H22O2/c1-11(2,13)8-10(12)9-6-4-3-5-7-9/h9-10,12-13H,3-8H2,1-2H3. The second-order valence-corrected chi connectivity index (χ2v) is 4.98. The van der Waals surface area contributed by atoms with Gasteiger partial charge in [0.15, 0.2) is 0 Å². The van der Waals surface area contributed by atoms with Crippen LogP contribution in [0.2, 0.25) is 0 Å². The Morgan fingerprint density at radius 3 is 2.23 bits per heavy atom. The second kappa shape index (κ2) is 4.43. The zero-order chi connectivity index (χ0) is 9.90. The van der Waals surface area contributed by atoms with E-state index in [1.54, 1.807) is 13.8 Å². The molecule has 0 heterocycles. The Morgan fingerprint density at radius 2 is 1.77 bits per heavy atom. The lowest BCUT2D eigenvalue weighted by Gasteiger charge is -2.30. The van der Waals surface area contributed by atoms with E-state index in [4.69, 9.17) is 0 Å². The summed E-state index contributed by atoms with van der Waals surface area (Å²) in [4.78, 5) is 0. The highest BCUT2D eigenvalue weighted by molar-refractivity contribution is 4.78. The Labute approximate surface area is 81.0 Å². The largest absolute Gasteiger partial charge is 0.393 e. The molecule has 1 aliphatic carbocycles. The van der Waals surface area contributed by atoms with Crippen molar-refractivity contribution in [2.75, 3.05) is 0 Å². The van der Waals surface area contributed by atoms with Crippen LogP contribution in [0.25, 0.3) is 0 Å². The maximum atomic E-state index is 9.85. The van der Waals surface area contributed by atoms with Gasteiger partial charge in [-0.2, -0.15) is 0 Å². The van der Waals surface area contributed by atoms with Gasteiger partial charge in [-0.15, -0.1) is 0 Å². The fourth-order valence-electron chi connectivity index (χ4n) is 2.20. The summed E-state index contributed by atoms with van der Waals surface area (Å²) in [6, 6.07) is 0. The zero-order valence-corrected chi connectivity index (χ0v) is 8.79. The molecule has 0 amide bonds. The smallest absolute Gasteiger partial charge is 0.0616 e. The maximum absolute atomic E-state index is 9.85. The Hall–Kier alpha value is -0.0800. The highest BCUT2D eigenvalue weighted by Crippen LogP contribution is 2.29. The normalized spacial score (nSPS) is 23.1. The summed E-state index contributed by atoms with van der Waals surface area (Å²) in [5.74, 6) is 0.431. The van der Waals surface area contributed by atoms with Gasteiger partial charge >= 0.3 is 0 Å². The molecule has 2 nitrogen and oxygen atoms in total. The van der Waals surface area contributed by atoms with E-state index < -0.39 is 5.60 Å². The fourth-order valence-corrected chi connectivity index (χ4v) is 2.20. The third kappa shape index (κ3) is 4.10. The van der Waals surface area contributed by atoms with Crippen LogP contribution < -0.4 is 0 Å². The van der Waals surface area contributed by atoms with Crippen LogP contribution in [0.1, 0.15) is 52.4 Å². The number of rotatable bonds is 3. The summed E-state index contributed by atoms with van der Waals surface area (Å²) >= 11 is 0. The molecule has 0 aromatic rings. The van der Waals surface area contributed by atoms with Gasteiger partial charge in [-0.05, 0) is 32.6 Å². The summed E-state index contributed by atoms with van der Waals surface area (Å²) in [6.45, 7) is 3.53. The van der Waals surface area contributed by atoms with Crippen molar-refractivity contribution in [1.29, 1.82) is 0 Å². The number of hydrogen-bond acceptors (Lipinski definition) is 2. The van der Waals surface area contributed by atoms with Crippen molar-refractivity contribution in [3.8, 4) is 0 Å². The van der Waals surface area contributed by atoms with E-state index in [-0.39, 0.29) is 6.10 Å². The molecule has 1 aliphatic rings. The van der Waals surface area contributed by atoms with Crippen molar-refractivity contribution in [1.82, 2.24) is 0 Å². The summed E-state index contributed by atoms with van der Waals surface area (Å²) in [6.07, 6.45) is 6.28. The predicted octanol–water partition coefficient (Wildman–Crippen LogP) is 2.09. The number of hydrogen-bond donors (Lipinski definition) is 2. The van der Waals surface area contributed by atoms with Gasteiger partial charge in [0.05, 0.1) is 11.7 Å². The predicted molar refractivity (Wildman–Crippen MR) is 53.5 cm³/mol. The van der Waals surface area contributed by atoms with Crippen LogP contribution >= 0.6 is 0 Å². The highest BCUT2D eigenvalue weighted by Gasteiger charge is 2.26. The lowest BCUT2D eigenvalue weighted by Crippen LogP contribution is -2.32. The van der Waals surface area contributed by atoms with E-state index in [1.807, 2.05) is 0 Å². The van der Waals surface area contributed by atoms with E-state index in [1.165, 1.54) is 19.3 Å². The first-order chi connectivity index (χ1) is 5.99. The molecule has 0 saturated heterocycles. The third-order valence-corrected chi connectivity index (χ3v) is 2.90. The van der Waals surface area contributed by atoms with Gasteiger partial charge in [0.25, 0.3) is 0 Å². The van der Waals surface area contributed by atoms with Crippen molar-refractivity contribution in [3.05, 3.63) is 0 Å². The fraction of sp³-hybridized carbons (Fsp3) is 1.00. The van der Waals surface area contributed by atoms with Crippen LogP contribution in [-0.4, -0.2) is 21.9 Å². The van der Waals surface area contributed by atoms with E-state index in [0.717, 1.165) is 12.8 Å². The summed E-state index contributed by atoms with van der Waals surface area (Å²) in [5.41, 5.74) is -0.725. The molecule has 0 bridgehead atoms. The van der Waals surface area contributed by atoms with E-state index >= 15 is 0 Å². The molecule has 0 aromatic heterocycles. The lowest BCUT2D eigenvalue weighted by molar-refractivity contribution is -0.0113. The average Bonchev–Trinajstić information content (AvgIpc) is 2.03. The van der Waals surface area contributed by atoms with Crippen LogP contribution in [0.4, 0.5) is 0 Å². The van der Waals surface area contributed by atoms with Crippen LogP contribution in [-0.2, 0) is 0 Å². The van der Waals surface area contributed by atoms with Crippen molar-refractivity contribution >= 4 is 0 Å². The Balaban J connectivity index is 2.33. The van der Waals surface area contributed by atoms with Crippen molar-refractivity contribution < 1.29 is 10.2 Å². The first-order valence-corrected chi connectivity index (χ1v) is 5.39. The summed E-state index contributed by atoms with van der Waals surface area (Å²) in [5, 5.41) is 19.4. The Morgan fingerprint density at radius 1 is 1.23 bits per heavy atom. The molecular formula is C11H22O2. The number of aliphatic hydroxyl groups excluding tert-OH is 1. The minimum Gasteiger partial charge on any atom is -0.393 e. The van der Waals surface area contributed by atoms with Gasteiger partial charge in [0, 0.05) is 6.42 Å².